The van der Waals surface area contributed by atoms with E-state index >= 15 is 0 Å². The molecule has 0 bridgehead atoms. The molecule has 0 heterocycles. The number of amides is 2. The molecule has 0 aliphatic heterocycles. The molecule has 1 aliphatic rings. The first-order valence-electron chi connectivity index (χ1n) is 9.90. The monoisotopic (exact) mass is 377 g/mol. The van der Waals surface area contributed by atoms with Crippen molar-refractivity contribution in [1.82, 2.24) is 10.7 Å². The number of nitrogens with one attached hydrogen (secondary N) is 2. The molecule has 0 spiro atoms. The van der Waals surface area contributed by atoms with Gasteiger partial charge in [0, 0.05) is 5.92 Å². The third-order valence-electron chi connectivity index (χ3n) is 5.16. The van der Waals surface area contributed by atoms with Gasteiger partial charge in [0.05, 0.1) is 12.3 Å². The molecule has 146 valence electrons. The first kappa shape index (κ1) is 19.8. The fourth-order valence-electron chi connectivity index (χ4n) is 3.46. The Bertz CT molecular complexity index is 823. The minimum Gasteiger partial charge on any atom is -0.347 e. The molecule has 0 unspecified atom stereocenters. The fraction of sp³-hybridized carbons (Fsp3) is 0.348. The average Bonchev–Trinajstić information content (AvgIpc) is 2.77. The van der Waals surface area contributed by atoms with Gasteiger partial charge in [-0.1, -0.05) is 73.9 Å². The van der Waals surface area contributed by atoms with Crippen LogP contribution in [0.5, 0.6) is 0 Å². The van der Waals surface area contributed by atoms with Crippen molar-refractivity contribution >= 4 is 17.5 Å². The van der Waals surface area contributed by atoms with Gasteiger partial charge >= 0.3 is 0 Å². The molecule has 5 heteroatoms. The zero-order valence-electron chi connectivity index (χ0n) is 16.3. The summed E-state index contributed by atoms with van der Waals surface area (Å²) in [7, 11) is 0. The highest BCUT2D eigenvalue weighted by atomic mass is 16.2. The number of hydrogen-bond donors (Lipinski definition) is 2. The van der Waals surface area contributed by atoms with E-state index in [9.17, 15) is 9.59 Å². The molecule has 1 fully saturated rings. The Kier molecular flexibility index (Phi) is 6.95. The van der Waals surface area contributed by atoms with Gasteiger partial charge in [-0.2, -0.15) is 5.10 Å². The van der Waals surface area contributed by atoms with Gasteiger partial charge in [0.25, 0.3) is 5.91 Å². The minimum atomic E-state index is -0.315. The zero-order valence-corrected chi connectivity index (χ0v) is 16.3. The van der Waals surface area contributed by atoms with Gasteiger partial charge < -0.3 is 5.32 Å². The van der Waals surface area contributed by atoms with Crippen LogP contribution < -0.4 is 10.7 Å². The van der Waals surface area contributed by atoms with Crippen LogP contribution in [0, 0.1) is 5.92 Å². The van der Waals surface area contributed by atoms with E-state index in [1.807, 2.05) is 49.4 Å². The van der Waals surface area contributed by atoms with E-state index in [-0.39, 0.29) is 24.3 Å². The molecule has 2 aromatic carbocycles. The summed E-state index contributed by atoms with van der Waals surface area (Å²) in [5.74, 6) is -0.286. The highest BCUT2D eigenvalue weighted by molar-refractivity contribution is 5.99. The quantitative estimate of drug-likeness (QED) is 0.592. The Balaban J connectivity index is 1.49. The molecular weight excluding hydrogens is 350 g/mol. The van der Waals surface area contributed by atoms with E-state index in [2.05, 4.69) is 28.0 Å². The Morgan fingerprint density at radius 2 is 1.57 bits per heavy atom. The lowest BCUT2D eigenvalue weighted by Crippen LogP contribution is -2.39. The molecule has 0 atom stereocenters. The second kappa shape index (κ2) is 9.83. The maximum Gasteiger partial charge on any atom is 0.259 e. The third kappa shape index (κ3) is 5.52. The van der Waals surface area contributed by atoms with Crippen molar-refractivity contribution in [3.8, 4) is 11.1 Å². The molecule has 2 aromatic rings. The Morgan fingerprint density at radius 3 is 2.25 bits per heavy atom. The summed E-state index contributed by atoms with van der Waals surface area (Å²) in [6.45, 7) is 1.80. The molecule has 2 N–H and O–H groups in total. The summed E-state index contributed by atoms with van der Waals surface area (Å²) in [4.78, 5) is 24.1. The normalized spacial score (nSPS) is 15.1. The zero-order chi connectivity index (χ0) is 19.8. The van der Waals surface area contributed by atoms with Gasteiger partial charge in [-0.3, -0.25) is 9.59 Å². The van der Waals surface area contributed by atoms with Gasteiger partial charge in [0.15, 0.2) is 0 Å². The largest absolute Gasteiger partial charge is 0.347 e. The van der Waals surface area contributed by atoms with Crippen LogP contribution in [-0.2, 0) is 9.59 Å². The average molecular weight is 377 g/mol. The molecule has 28 heavy (non-hydrogen) atoms. The third-order valence-corrected chi connectivity index (χ3v) is 5.16. The fourth-order valence-corrected chi connectivity index (χ4v) is 3.46. The summed E-state index contributed by atoms with van der Waals surface area (Å²) in [5.41, 5.74) is 6.46. The molecule has 0 saturated heterocycles. The van der Waals surface area contributed by atoms with Crippen LogP contribution in [-0.4, -0.2) is 24.1 Å². The minimum absolute atomic E-state index is 0.0212. The van der Waals surface area contributed by atoms with E-state index in [0.717, 1.165) is 42.4 Å². The topological polar surface area (TPSA) is 70.6 Å². The summed E-state index contributed by atoms with van der Waals surface area (Å²) in [6, 6.07) is 18.2. The Hall–Kier alpha value is -2.95. The van der Waals surface area contributed by atoms with Crippen molar-refractivity contribution in [3.05, 3.63) is 60.2 Å². The van der Waals surface area contributed by atoms with E-state index in [0.29, 0.717) is 5.71 Å². The first-order chi connectivity index (χ1) is 13.6. The van der Waals surface area contributed by atoms with Gasteiger partial charge in [0.2, 0.25) is 5.91 Å². The number of nitrogens with zero attached hydrogens (tertiary/aromatic N) is 1. The van der Waals surface area contributed by atoms with Crippen molar-refractivity contribution in [3.63, 3.8) is 0 Å². The first-order valence-corrected chi connectivity index (χ1v) is 9.90. The maximum atomic E-state index is 12.1. The summed E-state index contributed by atoms with van der Waals surface area (Å²) >= 11 is 0. The van der Waals surface area contributed by atoms with Crippen LogP contribution >= 0.6 is 0 Å². The molecule has 1 aliphatic carbocycles. The Labute approximate surface area is 166 Å². The lowest BCUT2D eigenvalue weighted by Gasteiger charge is -2.20. The lowest BCUT2D eigenvalue weighted by molar-refractivity contribution is -0.129. The maximum absolute atomic E-state index is 12.1. The number of hydrogen-bond acceptors (Lipinski definition) is 3. The number of hydrazone groups is 1. The van der Waals surface area contributed by atoms with Crippen LogP contribution in [0.2, 0.25) is 0 Å². The standard InChI is InChI=1S/C23H27N3O2/c1-17(18-12-14-20(15-13-18)19-8-4-2-5-9-19)25-26-22(27)16-24-23(28)21-10-6-3-7-11-21/h2,4-5,8-9,12-15,21H,3,6-7,10-11,16H2,1H3,(H,24,28)(H,26,27). The van der Waals surface area contributed by atoms with Gasteiger partial charge in [-0.05, 0) is 36.5 Å². The van der Waals surface area contributed by atoms with Gasteiger partial charge in [-0.15, -0.1) is 0 Å². The van der Waals surface area contributed by atoms with Crippen LogP contribution in [0.3, 0.4) is 0 Å². The molecule has 5 nitrogen and oxygen atoms in total. The van der Waals surface area contributed by atoms with Crippen molar-refractivity contribution < 1.29 is 9.59 Å². The molecule has 1 saturated carbocycles. The van der Waals surface area contributed by atoms with Crippen molar-refractivity contribution in [2.45, 2.75) is 39.0 Å². The smallest absolute Gasteiger partial charge is 0.259 e. The summed E-state index contributed by atoms with van der Waals surface area (Å²) in [5, 5.41) is 6.87. The molecule has 3 rings (SSSR count). The van der Waals surface area contributed by atoms with Crippen LogP contribution in [0.25, 0.3) is 11.1 Å². The van der Waals surface area contributed by atoms with E-state index in [4.69, 9.17) is 0 Å². The summed E-state index contributed by atoms with van der Waals surface area (Å²) < 4.78 is 0. The number of rotatable bonds is 6. The van der Waals surface area contributed by atoms with Crippen molar-refractivity contribution in [2.75, 3.05) is 6.54 Å². The molecular formula is C23H27N3O2. The molecule has 0 radical (unpaired) electrons. The SMILES string of the molecule is CC(=NNC(=O)CNC(=O)C1CCCCC1)c1ccc(-c2ccccc2)cc1. The number of carbonyl (C=O) groups is 2. The Morgan fingerprint density at radius 1 is 0.929 bits per heavy atom. The lowest BCUT2D eigenvalue weighted by atomic mass is 9.89. The second-order valence-electron chi connectivity index (χ2n) is 7.23. The van der Waals surface area contributed by atoms with Crippen LogP contribution in [0.1, 0.15) is 44.6 Å². The van der Waals surface area contributed by atoms with Crippen molar-refractivity contribution in [1.29, 1.82) is 0 Å². The van der Waals surface area contributed by atoms with Crippen LogP contribution in [0.15, 0.2) is 59.7 Å². The highest BCUT2D eigenvalue weighted by Crippen LogP contribution is 2.23. The van der Waals surface area contributed by atoms with Gasteiger partial charge in [-0.25, -0.2) is 5.43 Å². The van der Waals surface area contributed by atoms with Crippen LogP contribution in [0.4, 0.5) is 0 Å². The van der Waals surface area contributed by atoms with Gasteiger partial charge in [0.1, 0.15) is 0 Å². The van der Waals surface area contributed by atoms with Crippen molar-refractivity contribution in [2.24, 2.45) is 11.0 Å². The molecule has 2 amide bonds. The van der Waals surface area contributed by atoms with E-state index in [1.54, 1.807) is 0 Å². The molecule has 0 aromatic heterocycles. The highest BCUT2D eigenvalue weighted by Gasteiger charge is 2.21. The van der Waals surface area contributed by atoms with E-state index in [1.165, 1.54) is 6.42 Å². The predicted molar refractivity (Wildman–Crippen MR) is 112 cm³/mol. The summed E-state index contributed by atoms with van der Waals surface area (Å²) in [6.07, 6.45) is 5.23. The number of benzene rings is 2. The second-order valence-corrected chi connectivity index (χ2v) is 7.23. The predicted octanol–water partition coefficient (Wildman–Crippen LogP) is 3.89. The number of carbonyl (C=O) groups excluding carboxylic acids is 2. The van der Waals surface area contributed by atoms with E-state index < -0.39 is 0 Å².